The minimum Gasteiger partial charge on any atom is -0.507 e. The number of carbonyl (C=O) groups excluding carboxylic acids is 2. The zero-order valence-electron chi connectivity index (χ0n) is 23.9. The van der Waals surface area contributed by atoms with Gasteiger partial charge in [0.05, 0.1) is 18.7 Å². The lowest BCUT2D eigenvalue weighted by Crippen LogP contribution is -2.31. The van der Waals surface area contributed by atoms with E-state index in [0.717, 1.165) is 16.7 Å². The fraction of sp³-hybridized carbons (Fsp3) is 0.483. The van der Waals surface area contributed by atoms with Crippen molar-refractivity contribution in [3.05, 3.63) is 57.6 Å². The molecule has 3 rings (SSSR count). The number of hydrogen-bond acceptors (Lipinski definition) is 6. The second-order valence-electron chi connectivity index (χ2n) is 11.5. The lowest BCUT2D eigenvalue weighted by molar-refractivity contribution is 0.0947. The Labute approximate surface area is 244 Å². The van der Waals surface area contributed by atoms with Crippen molar-refractivity contribution in [1.82, 2.24) is 10.2 Å². The molecule has 0 atom stereocenters. The molecule has 0 saturated heterocycles. The van der Waals surface area contributed by atoms with Gasteiger partial charge in [0.15, 0.2) is 5.78 Å². The van der Waals surface area contributed by atoms with E-state index in [1.54, 1.807) is 29.2 Å². The third-order valence-corrected chi connectivity index (χ3v) is 6.49. The number of ketones is 1. The van der Waals surface area contributed by atoms with Crippen LogP contribution in [0.2, 0.25) is 0 Å². The standard InChI is InChI=1S/C29H40N4O4.2ClH/c1-8-37-24-13-18-15-33(26(31)19(18)14-20(24)27(36)32-10-9-30)16-23(34)17-11-21(28(2,3)4)25(35)22(12-17)29(5,6)7;;/h11-14,31,35H,8-10,15-16,30H2,1-7H3,(H,32,36);2*1H. The van der Waals surface area contributed by atoms with Gasteiger partial charge in [-0.3, -0.25) is 15.0 Å². The third kappa shape index (κ3) is 7.44. The molecule has 2 aromatic carbocycles. The predicted molar refractivity (Wildman–Crippen MR) is 161 cm³/mol. The summed E-state index contributed by atoms with van der Waals surface area (Å²) in [4.78, 5) is 27.9. The first-order valence-corrected chi connectivity index (χ1v) is 12.7. The lowest BCUT2D eigenvalue weighted by Gasteiger charge is -2.28. The second-order valence-corrected chi connectivity index (χ2v) is 11.5. The summed E-state index contributed by atoms with van der Waals surface area (Å²) in [6.45, 7) is 15.3. The van der Waals surface area contributed by atoms with Crippen molar-refractivity contribution in [2.24, 2.45) is 5.73 Å². The van der Waals surface area contributed by atoms with Crippen LogP contribution in [-0.4, -0.2) is 53.8 Å². The molecule has 0 aliphatic carbocycles. The number of halogens is 2. The largest absolute Gasteiger partial charge is 0.507 e. The summed E-state index contributed by atoms with van der Waals surface area (Å²) in [7, 11) is 0. The number of phenols is 1. The van der Waals surface area contributed by atoms with Gasteiger partial charge in [-0.05, 0) is 47.6 Å². The van der Waals surface area contributed by atoms with Crippen molar-refractivity contribution in [2.75, 3.05) is 26.2 Å². The number of Topliss-reactive ketones (excluding diaryl/α,β-unsaturated/α-hetero) is 1. The van der Waals surface area contributed by atoms with E-state index in [1.165, 1.54) is 0 Å². The number of benzene rings is 2. The fourth-order valence-electron chi connectivity index (χ4n) is 4.50. The van der Waals surface area contributed by atoms with Gasteiger partial charge in [-0.2, -0.15) is 0 Å². The molecule has 0 unspecified atom stereocenters. The van der Waals surface area contributed by atoms with E-state index in [9.17, 15) is 14.7 Å². The molecule has 0 saturated carbocycles. The number of amidine groups is 1. The number of ether oxygens (including phenoxy) is 1. The Hall–Kier alpha value is -2.81. The molecule has 0 fully saturated rings. The van der Waals surface area contributed by atoms with E-state index in [2.05, 4.69) is 5.32 Å². The van der Waals surface area contributed by atoms with Crippen LogP contribution in [-0.2, 0) is 17.4 Å². The SMILES string of the molecule is CCOc1cc2c(cc1C(=O)NCCN)C(=N)N(CC(=O)c1cc(C(C)(C)C)c(O)c(C(C)(C)C)c1)C2.Cl.Cl. The highest BCUT2D eigenvalue weighted by Crippen LogP contribution is 2.40. The quantitative estimate of drug-likeness (QED) is 0.327. The summed E-state index contributed by atoms with van der Waals surface area (Å²) in [5, 5.41) is 22.5. The van der Waals surface area contributed by atoms with Crippen molar-refractivity contribution in [3.8, 4) is 11.5 Å². The molecule has 1 aliphatic rings. The molecule has 5 N–H and O–H groups in total. The van der Waals surface area contributed by atoms with Crippen molar-refractivity contribution in [1.29, 1.82) is 5.41 Å². The molecular formula is C29H42Cl2N4O4. The summed E-state index contributed by atoms with van der Waals surface area (Å²) in [6.07, 6.45) is 0. The average molecular weight is 582 g/mol. The predicted octanol–water partition coefficient (Wildman–Crippen LogP) is 4.94. The number of nitrogens with one attached hydrogen (secondary N) is 2. The molecule has 0 spiro atoms. The first-order valence-electron chi connectivity index (χ1n) is 12.7. The average Bonchev–Trinajstić information content (AvgIpc) is 3.09. The van der Waals surface area contributed by atoms with Gasteiger partial charge < -0.3 is 25.8 Å². The normalized spacial score (nSPS) is 12.8. The highest BCUT2D eigenvalue weighted by molar-refractivity contribution is 6.07. The smallest absolute Gasteiger partial charge is 0.255 e. The van der Waals surface area contributed by atoms with Crippen molar-refractivity contribution < 1.29 is 19.4 Å². The highest BCUT2D eigenvalue weighted by atomic mass is 35.5. The fourth-order valence-corrected chi connectivity index (χ4v) is 4.50. The minimum absolute atomic E-state index is 0. The molecular weight excluding hydrogens is 539 g/mol. The van der Waals surface area contributed by atoms with Crippen LogP contribution in [0.3, 0.4) is 0 Å². The van der Waals surface area contributed by atoms with Crippen molar-refractivity contribution in [3.63, 3.8) is 0 Å². The number of rotatable bonds is 8. The van der Waals surface area contributed by atoms with Crippen molar-refractivity contribution >= 4 is 42.3 Å². The Morgan fingerprint density at radius 1 is 1.05 bits per heavy atom. The molecule has 1 aliphatic heterocycles. The number of aromatic hydroxyl groups is 1. The zero-order chi connectivity index (χ0) is 27.7. The van der Waals surface area contributed by atoms with Crippen LogP contribution in [0.5, 0.6) is 11.5 Å². The van der Waals surface area contributed by atoms with Gasteiger partial charge in [0.2, 0.25) is 0 Å². The zero-order valence-corrected chi connectivity index (χ0v) is 25.5. The Bertz CT molecular complexity index is 1200. The molecule has 8 nitrogen and oxygen atoms in total. The maximum Gasteiger partial charge on any atom is 0.255 e. The van der Waals surface area contributed by atoms with Gasteiger partial charge in [0.1, 0.15) is 17.3 Å². The molecule has 2 aromatic rings. The van der Waals surface area contributed by atoms with E-state index in [4.69, 9.17) is 15.9 Å². The summed E-state index contributed by atoms with van der Waals surface area (Å²) < 4.78 is 5.71. The summed E-state index contributed by atoms with van der Waals surface area (Å²) in [6, 6.07) is 6.99. The Kier molecular flexibility index (Phi) is 11.4. The molecule has 0 aromatic heterocycles. The van der Waals surface area contributed by atoms with E-state index >= 15 is 0 Å². The third-order valence-electron chi connectivity index (χ3n) is 6.49. The van der Waals surface area contributed by atoms with Crippen LogP contribution in [0.25, 0.3) is 0 Å². The summed E-state index contributed by atoms with van der Waals surface area (Å²) >= 11 is 0. The molecule has 1 heterocycles. The molecule has 39 heavy (non-hydrogen) atoms. The van der Waals surface area contributed by atoms with Gasteiger partial charge >= 0.3 is 0 Å². The Balaban J connectivity index is 0.00000380. The van der Waals surface area contributed by atoms with Crippen LogP contribution < -0.4 is 15.8 Å². The topological polar surface area (TPSA) is 129 Å². The van der Waals surface area contributed by atoms with Crippen LogP contribution in [0.4, 0.5) is 0 Å². The van der Waals surface area contributed by atoms with Crippen molar-refractivity contribution in [2.45, 2.75) is 65.8 Å². The number of fused-ring (bicyclic) bond motifs is 1. The first kappa shape index (κ1) is 34.2. The maximum absolute atomic E-state index is 13.5. The van der Waals surface area contributed by atoms with E-state index in [1.807, 2.05) is 48.5 Å². The molecule has 1 amide bonds. The molecule has 10 heteroatoms. The van der Waals surface area contributed by atoms with Gasteiger partial charge in [-0.1, -0.05) is 41.5 Å². The number of nitrogens with two attached hydrogens (primary N) is 1. The summed E-state index contributed by atoms with van der Waals surface area (Å²) in [5.41, 5.74) is 8.53. The van der Waals surface area contributed by atoms with Gasteiger partial charge in [-0.15, -0.1) is 24.8 Å². The maximum atomic E-state index is 13.5. The number of amides is 1. The van der Waals surface area contributed by atoms with Gasteiger partial charge in [0, 0.05) is 41.9 Å². The molecule has 0 radical (unpaired) electrons. The first-order chi connectivity index (χ1) is 17.2. The van der Waals surface area contributed by atoms with E-state index in [0.29, 0.717) is 48.7 Å². The number of carbonyl (C=O) groups is 2. The highest BCUT2D eigenvalue weighted by Gasteiger charge is 2.31. The Morgan fingerprint density at radius 3 is 2.10 bits per heavy atom. The monoisotopic (exact) mass is 580 g/mol. The number of nitrogens with zero attached hydrogens (tertiary/aromatic N) is 1. The Morgan fingerprint density at radius 2 is 1.62 bits per heavy atom. The van der Waals surface area contributed by atoms with Gasteiger partial charge in [-0.25, -0.2) is 0 Å². The van der Waals surface area contributed by atoms with Crippen LogP contribution in [0.1, 0.15) is 91.4 Å². The van der Waals surface area contributed by atoms with Gasteiger partial charge in [0.25, 0.3) is 5.91 Å². The number of hydrogen-bond donors (Lipinski definition) is 4. The van der Waals surface area contributed by atoms with E-state index in [-0.39, 0.29) is 65.5 Å². The van der Waals surface area contributed by atoms with Crippen LogP contribution in [0.15, 0.2) is 24.3 Å². The second kappa shape index (κ2) is 13.0. The lowest BCUT2D eigenvalue weighted by atomic mass is 9.78. The molecule has 216 valence electrons. The molecule has 0 bridgehead atoms. The number of phenolic OH excluding ortho intramolecular Hbond substituents is 1. The van der Waals surface area contributed by atoms with E-state index < -0.39 is 0 Å². The summed E-state index contributed by atoms with van der Waals surface area (Å²) in [5.74, 6) is 0.402. The van der Waals surface area contributed by atoms with Crippen LogP contribution >= 0.6 is 24.8 Å². The van der Waals surface area contributed by atoms with Crippen LogP contribution in [0, 0.1) is 5.41 Å². The minimum atomic E-state index is -0.354.